The van der Waals surface area contributed by atoms with Crippen molar-refractivity contribution in [2.45, 2.75) is 77.0 Å². The second kappa shape index (κ2) is 4.40. The molecule has 0 radical (unpaired) electrons. The number of hydrogen-bond acceptors (Lipinski definition) is 4. The molecule has 6 aliphatic rings. The highest BCUT2D eigenvalue weighted by Gasteiger charge is 2.77. The van der Waals surface area contributed by atoms with Crippen molar-refractivity contribution in [3.63, 3.8) is 0 Å². The van der Waals surface area contributed by atoms with Crippen molar-refractivity contribution in [2.24, 2.45) is 34.5 Å². The Hall–Kier alpha value is -0.710. The summed E-state index contributed by atoms with van der Waals surface area (Å²) in [6.45, 7) is 4.23. The number of ketones is 1. The molecule has 0 aromatic rings. The van der Waals surface area contributed by atoms with Crippen LogP contribution in [0, 0.1) is 34.5 Å². The van der Waals surface area contributed by atoms with E-state index in [4.69, 9.17) is 9.47 Å². The zero-order valence-corrected chi connectivity index (χ0v) is 15.2. The van der Waals surface area contributed by atoms with Gasteiger partial charge in [0.15, 0.2) is 17.9 Å². The summed E-state index contributed by atoms with van der Waals surface area (Å²) in [4.78, 5) is 12.0. The van der Waals surface area contributed by atoms with Crippen molar-refractivity contribution >= 4 is 5.78 Å². The average Bonchev–Trinajstić information content (AvgIpc) is 3.13. The first-order valence-electron chi connectivity index (χ1n) is 10.2. The Kier molecular flexibility index (Phi) is 2.70. The molecule has 0 amide bonds. The Morgan fingerprint density at radius 3 is 2.88 bits per heavy atom. The lowest BCUT2D eigenvalue weighted by atomic mass is 9.46. The topological polar surface area (TPSA) is 55.8 Å². The van der Waals surface area contributed by atoms with E-state index in [1.807, 2.05) is 13.0 Å². The molecule has 0 aromatic heterocycles. The van der Waals surface area contributed by atoms with Gasteiger partial charge in [-0.1, -0.05) is 12.5 Å². The summed E-state index contributed by atoms with van der Waals surface area (Å²) < 4.78 is 12.6. The summed E-state index contributed by atoms with van der Waals surface area (Å²) in [6, 6.07) is 0. The van der Waals surface area contributed by atoms with Crippen molar-refractivity contribution in [3.05, 3.63) is 11.6 Å². The van der Waals surface area contributed by atoms with Gasteiger partial charge >= 0.3 is 0 Å². The number of fused-ring (bicyclic) bond motifs is 6. The van der Waals surface area contributed by atoms with E-state index in [1.165, 1.54) is 18.4 Å². The van der Waals surface area contributed by atoms with Crippen LogP contribution in [0.5, 0.6) is 0 Å². The normalized spacial score (nSPS) is 61.6. The smallest absolute Gasteiger partial charge is 0.169 e. The first-order valence-corrected chi connectivity index (χ1v) is 10.2. The van der Waals surface area contributed by atoms with E-state index in [0.29, 0.717) is 30.0 Å². The fourth-order valence-electron chi connectivity index (χ4n) is 8.40. The lowest BCUT2D eigenvalue weighted by Crippen LogP contribution is -2.54. The lowest BCUT2D eigenvalue weighted by molar-refractivity contribution is -0.260. The van der Waals surface area contributed by atoms with E-state index in [-0.39, 0.29) is 29.1 Å². The highest BCUT2D eigenvalue weighted by Crippen LogP contribution is 2.75. The summed E-state index contributed by atoms with van der Waals surface area (Å²) in [5.74, 6) is 1.27. The Morgan fingerprint density at radius 1 is 1.20 bits per heavy atom. The second-order valence-corrected chi connectivity index (χ2v) is 10.0. The summed E-state index contributed by atoms with van der Waals surface area (Å²) in [7, 11) is 0. The molecule has 3 saturated carbocycles. The molecule has 2 aliphatic heterocycles. The van der Waals surface area contributed by atoms with Gasteiger partial charge in [0.25, 0.3) is 0 Å². The average molecular weight is 344 g/mol. The summed E-state index contributed by atoms with van der Waals surface area (Å²) >= 11 is 0. The van der Waals surface area contributed by atoms with E-state index >= 15 is 0 Å². The minimum atomic E-state index is -1.03. The monoisotopic (exact) mass is 344 g/mol. The molecule has 1 N–H and O–H groups in total. The molecule has 4 aliphatic carbocycles. The standard InChI is InChI=1S/C21H28O4/c1-19-8-7-12(22)9-11(19)3-4-13-14-5-6-16-20(2,23)25-18-21(14,16)10-15(24-18)17(13)19/h9,13-18,23H,3-8,10H2,1-2H3/t13-,14-,15-,16+,17+,18?,19-,20+,21+/m0/s1. The fourth-order valence-corrected chi connectivity index (χ4v) is 8.40. The van der Waals surface area contributed by atoms with Crippen LogP contribution in [0.4, 0.5) is 0 Å². The van der Waals surface area contributed by atoms with Gasteiger partial charge in [-0.15, -0.1) is 0 Å². The van der Waals surface area contributed by atoms with Gasteiger partial charge in [-0.25, -0.2) is 0 Å². The minimum absolute atomic E-state index is 0.0391. The number of ether oxygens (including phenoxy) is 2. The van der Waals surface area contributed by atoms with Crippen LogP contribution in [-0.2, 0) is 14.3 Å². The van der Waals surface area contributed by atoms with Gasteiger partial charge in [-0.3, -0.25) is 4.79 Å². The molecule has 6 rings (SSSR count). The maximum atomic E-state index is 12.0. The van der Waals surface area contributed by atoms with Crippen LogP contribution in [0.25, 0.3) is 0 Å². The number of carbonyl (C=O) groups excluding carboxylic acids is 1. The third-order valence-electron chi connectivity index (χ3n) is 9.21. The molecule has 2 saturated heterocycles. The van der Waals surface area contributed by atoms with Crippen LogP contribution in [-0.4, -0.2) is 29.1 Å². The maximum Gasteiger partial charge on any atom is 0.169 e. The molecule has 2 bridgehead atoms. The van der Waals surface area contributed by atoms with Gasteiger partial charge < -0.3 is 14.6 Å². The quantitative estimate of drug-likeness (QED) is 0.733. The van der Waals surface area contributed by atoms with Crippen LogP contribution >= 0.6 is 0 Å². The first kappa shape index (κ1) is 15.4. The second-order valence-electron chi connectivity index (χ2n) is 10.0. The van der Waals surface area contributed by atoms with Crippen molar-refractivity contribution in [3.8, 4) is 0 Å². The molecule has 4 nitrogen and oxygen atoms in total. The lowest BCUT2D eigenvalue weighted by Gasteiger charge is -2.57. The third-order valence-corrected chi connectivity index (χ3v) is 9.21. The number of rotatable bonds is 0. The molecule has 2 heterocycles. The maximum absolute atomic E-state index is 12.0. The predicted octanol–water partition coefficient (Wildman–Crippen LogP) is 3.19. The highest BCUT2D eigenvalue weighted by atomic mass is 16.8. The Labute approximate surface area is 148 Å². The Morgan fingerprint density at radius 2 is 2.04 bits per heavy atom. The molecule has 1 unspecified atom stereocenters. The van der Waals surface area contributed by atoms with Crippen LogP contribution in [0.2, 0.25) is 0 Å². The van der Waals surface area contributed by atoms with E-state index < -0.39 is 5.79 Å². The number of hydrogen-bond donors (Lipinski definition) is 1. The van der Waals surface area contributed by atoms with Crippen molar-refractivity contribution in [1.82, 2.24) is 0 Å². The SMILES string of the molecule is C[C@]12CCC(=O)C=C1CC[C@@H]1[C@@H]2[C@@H]2C[C@]34C(O2)O[C@@](C)(O)[C@H]3CC[C@@H]14. The van der Waals surface area contributed by atoms with E-state index in [9.17, 15) is 9.90 Å². The first-order chi connectivity index (χ1) is 11.9. The highest BCUT2D eigenvalue weighted by molar-refractivity contribution is 5.91. The van der Waals surface area contributed by atoms with Crippen molar-refractivity contribution in [1.29, 1.82) is 0 Å². The number of carbonyl (C=O) groups is 1. The van der Waals surface area contributed by atoms with Crippen molar-refractivity contribution in [2.75, 3.05) is 0 Å². The molecule has 0 aromatic carbocycles. The van der Waals surface area contributed by atoms with Crippen LogP contribution < -0.4 is 0 Å². The van der Waals surface area contributed by atoms with Gasteiger partial charge in [0.1, 0.15) is 0 Å². The van der Waals surface area contributed by atoms with Gasteiger partial charge in [0.2, 0.25) is 0 Å². The van der Waals surface area contributed by atoms with Crippen LogP contribution in [0.15, 0.2) is 11.6 Å². The van der Waals surface area contributed by atoms with Gasteiger partial charge in [0.05, 0.1) is 6.10 Å². The molecular formula is C21H28O4. The third kappa shape index (κ3) is 1.60. The predicted molar refractivity (Wildman–Crippen MR) is 90.3 cm³/mol. The molecule has 4 heteroatoms. The number of allylic oxidation sites excluding steroid dienone is 1. The molecule has 136 valence electrons. The minimum Gasteiger partial charge on any atom is -0.365 e. The molecule has 25 heavy (non-hydrogen) atoms. The molecule has 5 fully saturated rings. The van der Waals surface area contributed by atoms with E-state index in [2.05, 4.69) is 6.92 Å². The Balaban J connectivity index is 1.46. The Bertz CT molecular complexity index is 696. The molecule has 1 spiro atoms. The van der Waals surface area contributed by atoms with Gasteiger partial charge in [-0.2, -0.15) is 0 Å². The fraction of sp³-hybridized carbons (Fsp3) is 0.857. The molecular weight excluding hydrogens is 316 g/mol. The molecule has 9 atom stereocenters. The zero-order valence-electron chi connectivity index (χ0n) is 15.2. The summed E-state index contributed by atoms with van der Waals surface area (Å²) in [5.41, 5.74) is 1.53. The van der Waals surface area contributed by atoms with Crippen LogP contribution in [0.3, 0.4) is 0 Å². The van der Waals surface area contributed by atoms with Gasteiger partial charge in [-0.05, 0) is 74.7 Å². The summed E-state index contributed by atoms with van der Waals surface area (Å²) in [5, 5.41) is 10.8. The van der Waals surface area contributed by atoms with Crippen molar-refractivity contribution < 1.29 is 19.4 Å². The number of aliphatic hydroxyl groups is 1. The zero-order chi connectivity index (χ0) is 17.2. The van der Waals surface area contributed by atoms with E-state index in [1.54, 1.807) is 0 Å². The largest absolute Gasteiger partial charge is 0.365 e. The summed E-state index contributed by atoms with van der Waals surface area (Å²) in [6.07, 6.45) is 9.16. The van der Waals surface area contributed by atoms with Crippen LogP contribution in [0.1, 0.15) is 58.8 Å². The van der Waals surface area contributed by atoms with Gasteiger partial charge in [0, 0.05) is 17.8 Å². The van der Waals surface area contributed by atoms with E-state index in [0.717, 1.165) is 25.7 Å².